The molecular formula is C14H24N2+2. The lowest BCUT2D eigenvalue weighted by Crippen LogP contribution is -3.10. The number of hydrogen-bond donors (Lipinski definition) is 2. The van der Waals surface area contributed by atoms with Crippen LogP contribution in [0, 0.1) is 0 Å². The molecule has 2 rings (SSSR count). The Bertz CT molecular complexity index is 314. The first kappa shape index (κ1) is 11.6. The number of quaternary nitrogens is 2. The minimum Gasteiger partial charge on any atom is -0.354 e. The van der Waals surface area contributed by atoms with E-state index in [0.29, 0.717) is 0 Å². The topological polar surface area (TPSA) is 32.1 Å². The third-order valence-electron chi connectivity index (χ3n) is 3.54. The molecule has 1 aromatic rings. The van der Waals surface area contributed by atoms with E-state index in [1.807, 2.05) is 0 Å². The van der Waals surface area contributed by atoms with Crippen LogP contribution in [0.4, 0.5) is 0 Å². The predicted molar refractivity (Wildman–Crippen MR) is 65.9 cm³/mol. The second-order valence-electron chi connectivity index (χ2n) is 4.91. The molecule has 0 bridgehead atoms. The van der Waals surface area contributed by atoms with E-state index in [2.05, 4.69) is 30.0 Å². The van der Waals surface area contributed by atoms with E-state index in [-0.39, 0.29) is 0 Å². The van der Waals surface area contributed by atoms with Gasteiger partial charge in [0.05, 0.1) is 19.6 Å². The Labute approximate surface area is 98.4 Å². The predicted octanol–water partition coefficient (Wildman–Crippen LogP) is 0.387. The molecule has 0 saturated carbocycles. The van der Waals surface area contributed by atoms with Gasteiger partial charge in [0.15, 0.2) is 0 Å². The first-order chi connectivity index (χ1) is 7.88. The minimum atomic E-state index is 0.906. The van der Waals surface area contributed by atoms with Crippen LogP contribution in [-0.4, -0.2) is 13.1 Å². The van der Waals surface area contributed by atoms with Gasteiger partial charge in [0.2, 0.25) is 0 Å². The van der Waals surface area contributed by atoms with Gasteiger partial charge in [-0.2, -0.15) is 0 Å². The van der Waals surface area contributed by atoms with Gasteiger partial charge in [0.25, 0.3) is 0 Å². The second-order valence-corrected chi connectivity index (χ2v) is 4.91. The Balaban J connectivity index is 1.96. The zero-order valence-corrected chi connectivity index (χ0v) is 10.2. The van der Waals surface area contributed by atoms with Gasteiger partial charge in [-0.05, 0) is 31.7 Å². The molecule has 1 fully saturated rings. The molecule has 2 heteroatoms. The molecule has 0 unspecified atom stereocenters. The summed E-state index contributed by atoms with van der Waals surface area (Å²) in [5.74, 6) is 0. The third kappa shape index (κ3) is 3.32. The van der Waals surface area contributed by atoms with Gasteiger partial charge in [0, 0.05) is 11.1 Å². The number of likely N-dealkylation sites (tertiary alicyclic amines) is 1. The normalized spacial score (nSPS) is 18.3. The highest BCUT2D eigenvalue weighted by Crippen LogP contribution is 2.04. The SMILES string of the molecule is [NH3+]Cc1cccc(C[NH+]2CCCCCC2)c1. The lowest BCUT2D eigenvalue weighted by molar-refractivity contribution is -0.913. The van der Waals surface area contributed by atoms with Crippen LogP contribution in [0.1, 0.15) is 36.8 Å². The number of hydrogen-bond acceptors (Lipinski definition) is 0. The largest absolute Gasteiger partial charge is 0.354 e. The number of benzene rings is 1. The summed E-state index contributed by atoms with van der Waals surface area (Å²) in [5.41, 5.74) is 6.80. The Morgan fingerprint density at radius 2 is 1.69 bits per heavy atom. The molecule has 16 heavy (non-hydrogen) atoms. The van der Waals surface area contributed by atoms with E-state index in [9.17, 15) is 0 Å². The number of nitrogens with one attached hydrogen (secondary N) is 1. The molecule has 4 N–H and O–H groups in total. The molecule has 1 heterocycles. The van der Waals surface area contributed by atoms with Gasteiger partial charge in [-0.1, -0.05) is 18.2 Å². The van der Waals surface area contributed by atoms with Gasteiger partial charge in [-0.25, -0.2) is 0 Å². The van der Waals surface area contributed by atoms with Gasteiger partial charge in [-0.15, -0.1) is 0 Å². The van der Waals surface area contributed by atoms with Gasteiger partial charge < -0.3 is 10.6 Å². The van der Waals surface area contributed by atoms with Crippen LogP contribution in [0.25, 0.3) is 0 Å². The van der Waals surface area contributed by atoms with Crippen LogP contribution in [-0.2, 0) is 13.1 Å². The van der Waals surface area contributed by atoms with Crippen LogP contribution in [0.5, 0.6) is 0 Å². The lowest BCUT2D eigenvalue weighted by Gasteiger charge is -2.17. The van der Waals surface area contributed by atoms with Crippen LogP contribution < -0.4 is 10.6 Å². The summed E-state index contributed by atoms with van der Waals surface area (Å²) in [5, 5.41) is 0. The molecule has 1 aliphatic rings. The fourth-order valence-corrected chi connectivity index (χ4v) is 2.59. The maximum absolute atomic E-state index is 3.95. The smallest absolute Gasteiger partial charge is 0.103 e. The van der Waals surface area contributed by atoms with Crippen molar-refractivity contribution in [3.05, 3.63) is 35.4 Å². The van der Waals surface area contributed by atoms with Gasteiger partial charge >= 0.3 is 0 Å². The summed E-state index contributed by atoms with van der Waals surface area (Å²) >= 11 is 0. The highest BCUT2D eigenvalue weighted by atomic mass is 15.1. The molecule has 1 aliphatic heterocycles. The van der Waals surface area contributed by atoms with E-state index in [1.165, 1.54) is 56.4 Å². The van der Waals surface area contributed by atoms with Crippen molar-refractivity contribution in [3.63, 3.8) is 0 Å². The molecule has 2 nitrogen and oxygen atoms in total. The van der Waals surface area contributed by atoms with Crippen molar-refractivity contribution in [1.29, 1.82) is 0 Å². The molecule has 0 radical (unpaired) electrons. The molecule has 0 aromatic heterocycles. The molecule has 0 amide bonds. The van der Waals surface area contributed by atoms with Crippen molar-refractivity contribution in [2.75, 3.05) is 13.1 Å². The summed E-state index contributed by atoms with van der Waals surface area (Å²) in [6.07, 6.45) is 5.68. The Morgan fingerprint density at radius 1 is 1.00 bits per heavy atom. The van der Waals surface area contributed by atoms with Crippen molar-refractivity contribution >= 4 is 0 Å². The van der Waals surface area contributed by atoms with Gasteiger partial charge in [-0.3, -0.25) is 0 Å². The molecule has 0 spiro atoms. The van der Waals surface area contributed by atoms with Crippen LogP contribution in [0.2, 0.25) is 0 Å². The maximum atomic E-state index is 3.95. The van der Waals surface area contributed by atoms with Crippen molar-refractivity contribution in [3.8, 4) is 0 Å². The Morgan fingerprint density at radius 3 is 2.38 bits per heavy atom. The van der Waals surface area contributed by atoms with E-state index >= 15 is 0 Å². The fraction of sp³-hybridized carbons (Fsp3) is 0.571. The van der Waals surface area contributed by atoms with Crippen LogP contribution in [0.3, 0.4) is 0 Å². The molecular weight excluding hydrogens is 196 g/mol. The first-order valence-electron chi connectivity index (χ1n) is 6.59. The molecule has 88 valence electrons. The van der Waals surface area contributed by atoms with E-state index in [0.717, 1.165) is 6.54 Å². The van der Waals surface area contributed by atoms with Crippen LogP contribution >= 0.6 is 0 Å². The highest BCUT2D eigenvalue weighted by Gasteiger charge is 2.12. The Kier molecular flexibility index (Phi) is 4.37. The summed E-state index contributed by atoms with van der Waals surface area (Å²) in [7, 11) is 0. The summed E-state index contributed by atoms with van der Waals surface area (Å²) < 4.78 is 0. The van der Waals surface area contributed by atoms with E-state index in [4.69, 9.17) is 0 Å². The maximum Gasteiger partial charge on any atom is 0.103 e. The van der Waals surface area contributed by atoms with E-state index in [1.54, 1.807) is 4.90 Å². The second kappa shape index (κ2) is 6.02. The summed E-state index contributed by atoms with van der Waals surface area (Å²) in [4.78, 5) is 1.76. The average molecular weight is 220 g/mol. The lowest BCUT2D eigenvalue weighted by atomic mass is 10.1. The minimum absolute atomic E-state index is 0.906. The zero-order valence-electron chi connectivity index (χ0n) is 10.2. The first-order valence-corrected chi connectivity index (χ1v) is 6.59. The highest BCUT2D eigenvalue weighted by molar-refractivity contribution is 5.21. The summed E-state index contributed by atoms with van der Waals surface area (Å²) in [6, 6.07) is 8.93. The Hall–Kier alpha value is -0.860. The number of rotatable bonds is 3. The molecule has 0 aliphatic carbocycles. The molecule has 1 saturated heterocycles. The fourth-order valence-electron chi connectivity index (χ4n) is 2.59. The standard InChI is InChI=1S/C14H22N2/c15-11-13-6-5-7-14(10-13)12-16-8-3-1-2-4-9-16/h5-7,10H,1-4,8-9,11-12,15H2/p+2. The third-order valence-corrected chi connectivity index (χ3v) is 3.54. The van der Waals surface area contributed by atoms with E-state index < -0.39 is 0 Å². The molecule has 0 atom stereocenters. The van der Waals surface area contributed by atoms with Crippen LogP contribution in [0.15, 0.2) is 24.3 Å². The zero-order chi connectivity index (χ0) is 11.2. The van der Waals surface area contributed by atoms with Crippen molar-refractivity contribution < 1.29 is 10.6 Å². The van der Waals surface area contributed by atoms with Crippen molar-refractivity contribution in [2.45, 2.75) is 38.8 Å². The summed E-state index contributed by atoms with van der Waals surface area (Å²) in [6.45, 7) is 4.82. The van der Waals surface area contributed by atoms with Gasteiger partial charge in [0.1, 0.15) is 6.54 Å². The monoisotopic (exact) mass is 220 g/mol. The molecule has 1 aromatic carbocycles. The van der Waals surface area contributed by atoms with Crippen molar-refractivity contribution in [1.82, 2.24) is 0 Å². The van der Waals surface area contributed by atoms with Crippen molar-refractivity contribution in [2.24, 2.45) is 0 Å². The quantitative estimate of drug-likeness (QED) is 0.738. The average Bonchev–Trinajstić information content (AvgIpc) is 2.58.